The zero-order chi connectivity index (χ0) is 18.9. The Hall–Kier alpha value is -2.66. The Morgan fingerprint density at radius 3 is 2.42 bits per heavy atom. The molecule has 5 heteroatoms. The Balaban J connectivity index is 1.92. The van der Waals surface area contributed by atoms with Crippen molar-refractivity contribution in [2.45, 2.75) is 32.4 Å². The predicted molar refractivity (Wildman–Crippen MR) is 98.4 cm³/mol. The highest BCUT2D eigenvalue weighted by Crippen LogP contribution is 2.31. The van der Waals surface area contributed by atoms with Gasteiger partial charge in [0.1, 0.15) is 6.10 Å². The first kappa shape index (κ1) is 18.1. The number of rotatable bonds is 3. The Labute approximate surface area is 153 Å². The van der Waals surface area contributed by atoms with Crippen LogP contribution in [0.3, 0.4) is 0 Å². The smallest absolute Gasteiger partial charge is 0.335 e. The molecule has 1 amide bonds. The van der Waals surface area contributed by atoms with Gasteiger partial charge in [-0.3, -0.25) is 4.79 Å². The molecule has 1 aliphatic heterocycles. The molecule has 1 aliphatic rings. The first-order valence-electron chi connectivity index (χ1n) is 8.61. The monoisotopic (exact) mass is 353 g/mol. The maximum Gasteiger partial charge on any atom is 0.335 e. The zero-order valence-corrected chi connectivity index (χ0v) is 15.2. The SMILES string of the molecule is Cc1cc(C(=O)O)cc(C(=O)N2CC(c3ccccc3)OCC2(C)C)c1. The standard InChI is InChI=1S/C21H23NO4/c1-14-9-16(11-17(10-14)20(24)25)19(23)22-12-18(26-13-21(22,2)3)15-7-5-4-6-8-15/h4-11,18H,12-13H2,1-3H3,(H,24,25). The number of hydrogen-bond donors (Lipinski definition) is 1. The van der Waals surface area contributed by atoms with Crippen LogP contribution in [0, 0.1) is 6.92 Å². The van der Waals surface area contributed by atoms with Crippen LogP contribution in [0.25, 0.3) is 0 Å². The normalized spacial score (nSPS) is 19.2. The van der Waals surface area contributed by atoms with Crippen molar-refractivity contribution < 1.29 is 19.4 Å². The average Bonchev–Trinajstić information content (AvgIpc) is 2.61. The van der Waals surface area contributed by atoms with Gasteiger partial charge in [-0.25, -0.2) is 4.79 Å². The van der Waals surface area contributed by atoms with E-state index in [0.717, 1.165) is 11.1 Å². The molecule has 0 spiro atoms. The number of aryl methyl sites for hydroxylation is 1. The van der Waals surface area contributed by atoms with Gasteiger partial charge in [0.05, 0.1) is 24.3 Å². The van der Waals surface area contributed by atoms with Crippen molar-refractivity contribution in [1.29, 1.82) is 0 Å². The molecule has 1 atom stereocenters. The van der Waals surface area contributed by atoms with Gasteiger partial charge in [-0.2, -0.15) is 0 Å². The second-order valence-corrected chi connectivity index (χ2v) is 7.33. The summed E-state index contributed by atoms with van der Waals surface area (Å²) in [5.74, 6) is -1.21. The third-order valence-electron chi connectivity index (χ3n) is 4.70. The number of nitrogens with zero attached hydrogens (tertiary/aromatic N) is 1. The molecule has 0 radical (unpaired) electrons. The van der Waals surface area contributed by atoms with Crippen LogP contribution in [0.2, 0.25) is 0 Å². The van der Waals surface area contributed by atoms with Gasteiger partial charge in [0.2, 0.25) is 0 Å². The van der Waals surface area contributed by atoms with Gasteiger partial charge in [-0.15, -0.1) is 0 Å². The van der Waals surface area contributed by atoms with E-state index in [0.29, 0.717) is 18.7 Å². The van der Waals surface area contributed by atoms with Crippen LogP contribution in [-0.2, 0) is 4.74 Å². The van der Waals surface area contributed by atoms with Crippen LogP contribution >= 0.6 is 0 Å². The number of ether oxygens (including phenoxy) is 1. The molecule has 1 fully saturated rings. The van der Waals surface area contributed by atoms with E-state index in [-0.39, 0.29) is 17.6 Å². The highest BCUT2D eigenvalue weighted by atomic mass is 16.5. The highest BCUT2D eigenvalue weighted by Gasteiger charge is 2.39. The van der Waals surface area contributed by atoms with Crippen LogP contribution in [0.5, 0.6) is 0 Å². The maximum absolute atomic E-state index is 13.2. The van der Waals surface area contributed by atoms with Crippen molar-refractivity contribution in [2.24, 2.45) is 0 Å². The lowest BCUT2D eigenvalue weighted by Gasteiger charge is -2.45. The van der Waals surface area contributed by atoms with Gasteiger partial charge in [0.15, 0.2) is 0 Å². The lowest BCUT2D eigenvalue weighted by molar-refractivity contribution is -0.0846. The first-order valence-corrected chi connectivity index (χ1v) is 8.61. The number of morpholine rings is 1. The summed E-state index contributed by atoms with van der Waals surface area (Å²) < 4.78 is 5.99. The number of aromatic carboxylic acids is 1. The van der Waals surface area contributed by atoms with E-state index >= 15 is 0 Å². The number of carboxylic acids is 1. The van der Waals surface area contributed by atoms with Crippen molar-refractivity contribution in [1.82, 2.24) is 4.90 Å². The van der Waals surface area contributed by atoms with E-state index < -0.39 is 11.5 Å². The second-order valence-electron chi connectivity index (χ2n) is 7.33. The average molecular weight is 353 g/mol. The van der Waals surface area contributed by atoms with Crippen molar-refractivity contribution in [3.05, 3.63) is 70.8 Å². The summed E-state index contributed by atoms with van der Waals surface area (Å²) in [6, 6.07) is 14.6. The fraction of sp³-hybridized carbons (Fsp3) is 0.333. The molecule has 1 saturated heterocycles. The van der Waals surface area contributed by atoms with E-state index in [1.165, 1.54) is 6.07 Å². The minimum atomic E-state index is -1.04. The van der Waals surface area contributed by atoms with Crippen molar-refractivity contribution >= 4 is 11.9 Å². The molecule has 2 aromatic carbocycles. The largest absolute Gasteiger partial charge is 0.478 e. The molecule has 0 saturated carbocycles. The van der Waals surface area contributed by atoms with Crippen LogP contribution < -0.4 is 0 Å². The molecular formula is C21H23NO4. The van der Waals surface area contributed by atoms with E-state index in [1.54, 1.807) is 24.0 Å². The summed E-state index contributed by atoms with van der Waals surface area (Å²) in [6.45, 7) is 6.54. The summed E-state index contributed by atoms with van der Waals surface area (Å²) in [6.07, 6.45) is -0.197. The van der Waals surface area contributed by atoms with Gasteiger partial charge < -0.3 is 14.7 Å². The molecule has 1 heterocycles. The lowest BCUT2D eigenvalue weighted by Crippen LogP contribution is -2.56. The van der Waals surface area contributed by atoms with E-state index in [1.807, 2.05) is 44.2 Å². The molecule has 1 N–H and O–H groups in total. The predicted octanol–water partition coefficient (Wildman–Crippen LogP) is 3.69. The molecule has 26 heavy (non-hydrogen) atoms. The molecule has 3 rings (SSSR count). The number of benzene rings is 2. The van der Waals surface area contributed by atoms with Crippen molar-refractivity contribution in [3.8, 4) is 0 Å². The second kappa shape index (κ2) is 6.92. The number of carbonyl (C=O) groups excluding carboxylic acids is 1. The van der Waals surface area contributed by atoms with Crippen LogP contribution in [-0.4, -0.2) is 40.6 Å². The quantitative estimate of drug-likeness (QED) is 0.914. The summed E-state index contributed by atoms with van der Waals surface area (Å²) in [7, 11) is 0. The molecule has 2 aromatic rings. The fourth-order valence-electron chi connectivity index (χ4n) is 3.26. The molecule has 0 aromatic heterocycles. The van der Waals surface area contributed by atoms with Gasteiger partial charge in [-0.05, 0) is 50.1 Å². The van der Waals surface area contributed by atoms with Gasteiger partial charge in [-0.1, -0.05) is 30.3 Å². The van der Waals surface area contributed by atoms with E-state index in [9.17, 15) is 14.7 Å². The van der Waals surface area contributed by atoms with Crippen LogP contribution in [0.15, 0.2) is 48.5 Å². The number of carbonyl (C=O) groups is 2. The molecule has 5 nitrogen and oxygen atoms in total. The zero-order valence-electron chi connectivity index (χ0n) is 15.2. The maximum atomic E-state index is 13.2. The first-order chi connectivity index (χ1) is 12.3. The Kier molecular flexibility index (Phi) is 4.83. The van der Waals surface area contributed by atoms with Crippen LogP contribution in [0.1, 0.15) is 51.8 Å². The molecule has 0 bridgehead atoms. The van der Waals surface area contributed by atoms with Gasteiger partial charge in [0, 0.05) is 5.56 Å². The summed E-state index contributed by atoms with van der Waals surface area (Å²) in [5, 5.41) is 9.27. The number of amides is 1. The van der Waals surface area contributed by atoms with Crippen molar-refractivity contribution in [3.63, 3.8) is 0 Å². The van der Waals surface area contributed by atoms with E-state index in [2.05, 4.69) is 0 Å². The number of carboxylic acid groups (broad SMARTS) is 1. The molecule has 0 aliphatic carbocycles. The molecule has 1 unspecified atom stereocenters. The summed E-state index contributed by atoms with van der Waals surface area (Å²) in [4.78, 5) is 26.3. The minimum absolute atomic E-state index is 0.124. The van der Waals surface area contributed by atoms with Crippen molar-refractivity contribution in [2.75, 3.05) is 13.2 Å². The van der Waals surface area contributed by atoms with E-state index in [4.69, 9.17) is 4.74 Å². The topological polar surface area (TPSA) is 66.8 Å². The summed E-state index contributed by atoms with van der Waals surface area (Å²) >= 11 is 0. The minimum Gasteiger partial charge on any atom is -0.478 e. The van der Waals surface area contributed by atoms with Crippen LogP contribution in [0.4, 0.5) is 0 Å². The fourth-order valence-corrected chi connectivity index (χ4v) is 3.26. The Bertz CT molecular complexity index is 829. The third-order valence-corrected chi connectivity index (χ3v) is 4.70. The Morgan fingerprint density at radius 2 is 1.77 bits per heavy atom. The van der Waals surface area contributed by atoms with Gasteiger partial charge in [0.25, 0.3) is 5.91 Å². The molecular weight excluding hydrogens is 330 g/mol. The summed E-state index contributed by atoms with van der Waals surface area (Å²) in [5.41, 5.74) is 1.81. The number of hydrogen-bond acceptors (Lipinski definition) is 3. The lowest BCUT2D eigenvalue weighted by atomic mass is 9.96. The Morgan fingerprint density at radius 1 is 1.12 bits per heavy atom. The highest BCUT2D eigenvalue weighted by molar-refractivity contribution is 5.98. The third kappa shape index (κ3) is 3.63. The van der Waals surface area contributed by atoms with Gasteiger partial charge >= 0.3 is 5.97 Å². The molecule has 136 valence electrons.